The van der Waals surface area contributed by atoms with Gasteiger partial charge in [-0.05, 0) is 0 Å². The molecule has 34 heavy (non-hydrogen) atoms. The molecule has 0 bridgehead atoms. The Morgan fingerprint density at radius 3 is 1.53 bits per heavy atom. The summed E-state index contributed by atoms with van der Waals surface area (Å²) in [6.07, 6.45) is 27.2. The summed E-state index contributed by atoms with van der Waals surface area (Å²) in [6, 6.07) is 2.78. The van der Waals surface area contributed by atoms with Gasteiger partial charge in [-0.25, -0.2) is 0 Å². The van der Waals surface area contributed by atoms with Gasteiger partial charge in [0.05, 0.1) is 0 Å². The summed E-state index contributed by atoms with van der Waals surface area (Å²) in [5.41, 5.74) is 1.72. The normalized spacial score (nSPS) is 13.0. The Labute approximate surface area is 224 Å². The topological polar surface area (TPSA) is 0 Å². The van der Waals surface area contributed by atoms with Crippen LogP contribution in [0.2, 0.25) is 13.3 Å². The molecule has 1 heterocycles. The van der Waals surface area contributed by atoms with Crippen LogP contribution in [0.15, 0.2) is 11.4 Å². The van der Waals surface area contributed by atoms with Gasteiger partial charge in [-0.1, -0.05) is 6.92 Å². The first-order valence-corrected chi connectivity index (χ1v) is 24.1. The van der Waals surface area contributed by atoms with E-state index in [1.807, 2.05) is 2.89 Å². The molecule has 2 heteroatoms. The van der Waals surface area contributed by atoms with E-state index in [2.05, 4.69) is 57.4 Å². The first-order valence-electron chi connectivity index (χ1n) is 15.7. The third-order valence-electron chi connectivity index (χ3n) is 8.16. The molecule has 0 amide bonds. The van der Waals surface area contributed by atoms with Gasteiger partial charge in [0.25, 0.3) is 0 Å². The minimum atomic E-state index is -2.24. The van der Waals surface area contributed by atoms with Gasteiger partial charge in [-0.3, -0.25) is 0 Å². The van der Waals surface area contributed by atoms with E-state index in [4.69, 9.17) is 0 Å². The van der Waals surface area contributed by atoms with E-state index < -0.39 is 18.4 Å². The molecule has 1 atom stereocenters. The van der Waals surface area contributed by atoms with Gasteiger partial charge in [0, 0.05) is 0 Å². The number of thiophene rings is 1. The summed E-state index contributed by atoms with van der Waals surface area (Å²) >= 11 is -0.0281. The van der Waals surface area contributed by atoms with Crippen molar-refractivity contribution >= 4 is 32.6 Å². The van der Waals surface area contributed by atoms with Crippen LogP contribution in [0, 0.1) is 5.92 Å². The third-order valence-corrected chi connectivity index (χ3v) is 27.5. The van der Waals surface area contributed by atoms with Crippen LogP contribution in [0.4, 0.5) is 0 Å². The number of rotatable bonds is 24. The zero-order valence-corrected chi connectivity index (χ0v) is 27.9. The molecule has 0 aliphatic carbocycles. The van der Waals surface area contributed by atoms with E-state index in [0.29, 0.717) is 0 Å². The Balaban J connectivity index is 2.85. The van der Waals surface area contributed by atoms with Gasteiger partial charge in [0.15, 0.2) is 0 Å². The molecular weight excluding hydrogens is 535 g/mol. The molecule has 1 aromatic heterocycles. The molecule has 0 saturated carbocycles. The van der Waals surface area contributed by atoms with Gasteiger partial charge >= 0.3 is 219 Å². The summed E-state index contributed by atoms with van der Waals surface area (Å²) < 4.78 is 6.79. The molecule has 1 unspecified atom stereocenters. The van der Waals surface area contributed by atoms with E-state index >= 15 is 0 Å². The molecule has 0 N–H and O–H groups in total. The van der Waals surface area contributed by atoms with E-state index in [0.717, 1.165) is 5.92 Å². The quantitative estimate of drug-likeness (QED) is 0.0822. The minimum absolute atomic E-state index is 0.928. The van der Waals surface area contributed by atoms with Crippen molar-refractivity contribution in [2.45, 2.75) is 170 Å². The molecule has 1 rings (SSSR count). The van der Waals surface area contributed by atoms with E-state index in [1.54, 1.807) is 18.9 Å². The van der Waals surface area contributed by atoms with Crippen LogP contribution in [0.3, 0.4) is 0 Å². The standard InChI is InChI=1S/C20H35S.3C4H9.Sn/c1-3-5-7-9-10-12-14-19(13-11-8-6-4-2)17-20-15-16-21-18-20;3*1-3-4-2;/h15,18-19H,3-14,17H2,1-2H3;3*1,3-4H2,2H3;. The van der Waals surface area contributed by atoms with Crippen molar-refractivity contribution in [1.82, 2.24) is 0 Å². The SMILES string of the molecule is CCCCCCCCC(CCCCCC)Cc1cs[c]([Sn]([CH2]CCC)([CH2]CCC)[CH2]CCC)c1. The predicted molar refractivity (Wildman–Crippen MR) is 163 cm³/mol. The Kier molecular flexibility index (Phi) is 20.6. The summed E-state index contributed by atoms with van der Waals surface area (Å²) in [5, 5.41) is 2.62. The molecular formula is C32H62SSn. The second-order valence-electron chi connectivity index (χ2n) is 11.4. The fraction of sp³-hybridized carbons (Fsp3) is 0.875. The molecule has 0 saturated heterocycles. The van der Waals surface area contributed by atoms with Crippen LogP contribution in [0.1, 0.15) is 156 Å². The second-order valence-corrected chi connectivity index (χ2v) is 26.5. The van der Waals surface area contributed by atoms with Gasteiger partial charge in [-0.15, -0.1) is 0 Å². The third kappa shape index (κ3) is 13.7. The Morgan fingerprint density at radius 2 is 1.03 bits per heavy atom. The number of hydrogen-bond donors (Lipinski definition) is 0. The summed E-state index contributed by atoms with van der Waals surface area (Å²) in [4.78, 5) is 0. The summed E-state index contributed by atoms with van der Waals surface area (Å²) in [5.74, 6) is 0.928. The summed E-state index contributed by atoms with van der Waals surface area (Å²) in [7, 11) is 0. The Bertz CT molecular complexity index is 541. The second kappa shape index (κ2) is 21.6. The van der Waals surface area contributed by atoms with Crippen LogP contribution in [-0.2, 0) is 6.42 Å². The van der Waals surface area contributed by atoms with Gasteiger partial charge in [0.2, 0.25) is 0 Å². The van der Waals surface area contributed by atoms with Crippen LogP contribution >= 0.6 is 11.3 Å². The van der Waals surface area contributed by atoms with Crippen LogP contribution < -0.4 is 2.89 Å². The zero-order chi connectivity index (χ0) is 24.9. The Morgan fingerprint density at radius 1 is 0.588 bits per heavy atom. The van der Waals surface area contributed by atoms with E-state index in [-0.39, 0.29) is 0 Å². The van der Waals surface area contributed by atoms with Crippen molar-refractivity contribution in [2.24, 2.45) is 5.92 Å². The zero-order valence-electron chi connectivity index (χ0n) is 24.2. The van der Waals surface area contributed by atoms with Gasteiger partial charge in [0.1, 0.15) is 0 Å². The van der Waals surface area contributed by atoms with Crippen molar-refractivity contribution < 1.29 is 0 Å². The van der Waals surface area contributed by atoms with Crippen molar-refractivity contribution in [3.05, 3.63) is 17.0 Å². The van der Waals surface area contributed by atoms with Crippen molar-refractivity contribution in [3.63, 3.8) is 0 Å². The molecule has 0 aromatic carbocycles. The molecule has 0 nitrogen and oxygen atoms in total. The molecule has 1 aromatic rings. The van der Waals surface area contributed by atoms with Crippen LogP contribution in [-0.4, -0.2) is 18.4 Å². The monoisotopic (exact) mass is 598 g/mol. The molecule has 0 spiro atoms. The molecule has 0 aliphatic rings. The molecule has 0 fully saturated rings. The van der Waals surface area contributed by atoms with Gasteiger partial charge < -0.3 is 0 Å². The van der Waals surface area contributed by atoms with Gasteiger partial charge in [-0.2, -0.15) is 0 Å². The summed E-state index contributed by atoms with van der Waals surface area (Å²) in [6.45, 7) is 11.9. The first kappa shape index (κ1) is 32.5. The first-order chi connectivity index (χ1) is 16.7. The number of unbranched alkanes of at least 4 members (excludes halogenated alkanes) is 11. The Hall–Kier alpha value is 0.499. The van der Waals surface area contributed by atoms with E-state index in [9.17, 15) is 0 Å². The number of hydrogen-bond acceptors (Lipinski definition) is 1. The van der Waals surface area contributed by atoms with Crippen LogP contribution in [0.25, 0.3) is 0 Å². The van der Waals surface area contributed by atoms with E-state index in [1.165, 1.54) is 122 Å². The van der Waals surface area contributed by atoms with Crippen molar-refractivity contribution in [2.75, 3.05) is 0 Å². The maximum atomic E-state index is 2.78. The fourth-order valence-electron chi connectivity index (χ4n) is 5.81. The average molecular weight is 598 g/mol. The van der Waals surface area contributed by atoms with Crippen molar-refractivity contribution in [1.29, 1.82) is 0 Å². The maximum absolute atomic E-state index is 2.78. The molecule has 200 valence electrons. The molecule has 0 radical (unpaired) electrons. The van der Waals surface area contributed by atoms with Crippen molar-refractivity contribution in [3.8, 4) is 0 Å². The average Bonchev–Trinajstić information content (AvgIpc) is 3.32. The fourth-order valence-corrected chi connectivity index (χ4v) is 25.9. The van der Waals surface area contributed by atoms with Crippen LogP contribution in [0.5, 0.6) is 0 Å². The molecule has 0 aliphatic heterocycles. The predicted octanol–water partition coefficient (Wildman–Crippen LogP) is 11.7.